The first-order valence-electron chi connectivity index (χ1n) is 12.0. The second-order valence-corrected chi connectivity index (χ2v) is 10.1. The predicted octanol–water partition coefficient (Wildman–Crippen LogP) is 2.27. The van der Waals surface area contributed by atoms with Gasteiger partial charge in [-0.15, -0.1) is 0 Å². The van der Waals surface area contributed by atoms with Crippen molar-refractivity contribution in [1.29, 1.82) is 0 Å². The highest BCUT2D eigenvalue weighted by Gasteiger charge is 2.62. The maximum Gasteiger partial charge on any atom is 0.220 e. The van der Waals surface area contributed by atoms with E-state index in [1.807, 2.05) is 0 Å². The Morgan fingerprint density at radius 2 is 1.94 bits per heavy atom. The van der Waals surface area contributed by atoms with E-state index in [1.54, 1.807) is 0 Å². The van der Waals surface area contributed by atoms with Crippen LogP contribution >= 0.6 is 0 Å². The SMILES string of the molecule is CC1CC2CC(C)C3(OOC(CC=O)(CCC(=O)NCCN4CCOCC4)O3)C(C1)C2. The molecule has 31 heavy (non-hydrogen) atoms. The summed E-state index contributed by atoms with van der Waals surface area (Å²) in [6.07, 6.45) is 5.84. The van der Waals surface area contributed by atoms with Crippen LogP contribution in [0.1, 0.15) is 58.8 Å². The van der Waals surface area contributed by atoms with E-state index in [0.29, 0.717) is 24.8 Å². The van der Waals surface area contributed by atoms with Gasteiger partial charge in [-0.05, 0) is 37.5 Å². The Morgan fingerprint density at radius 1 is 1.13 bits per heavy atom. The number of nitrogens with one attached hydrogen (secondary N) is 1. The van der Waals surface area contributed by atoms with Gasteiger partial charge in [-0.2, -0.15) is 9.78 Å². The Hall–Kier alpha value is -1.06. The number of nitrogens with zero attached hydrogens (tertiary/aromatic N) is 1. The number of morpholine rings is 1. The zero-order valence-electron chi connectivity index (χ0n) is 19.0. The molecule has 0 radical (unpaired) electrons. The third-order valence-corrected chi connectivity index (χ3v) is 7.63. The van der Waals surface area contributed by atoms with Crippen molar-refractivity contribution < 1.29 is 28.8 Å². The topological polar surface area (TPSA) is 86.3 Å². The van der Waals surface area contributed by atoms with Gasteiger partial charge in [-0.3, -0.25) is 9.69 Å². The van der Waals surface area contributed by atoms with Crippen molar-refractivity contribution >= 4 is 12.2 Å². The molecule has 0 aromatic rings. The average molecular weight is 439 g/mol. The lowest BCUT2D eigenvalue weighted by Crippen LogP contribution is -2.54. The molecule has 4 aliphatic rings. The Morgan fingerprint density at radius 3 is 2.71 bits per heavy atom. The third-order valence-electron chi connectivity index (χ3n) is 7.63. The number of rotatable bonds is 8. The van der Waals surface area contributed by atoms with Crippen LogP contribution in [0, 0.1) is 23.7 Å². The van der Waals surface area contributed by atoms with Gasteiger partial charge in [-0.25, -0.2) is 0 Å². The summed E-state index contributed by atoms with van der Waals surface area (Å²) in [6, 6.07) is 0. The Labute approximate surface area is 185 Å². The molecule has 4 fully saturated rings. The average Bonchev–Trinajstić information content (AvgIpc) is 3.13. The van der Waals surface area contributed by atoms with Gasteiger partial charge < -0.3 is 19.6 Å². The molecule has 2 saturated carbocycles. The van der Waals surface area contributed by atoms with Crippen molar-refractivity contribution in [1.82, 2.24) is 10.2 Å². The number of amides is 1. The molecule has 2 bridgehead atoms. The molecule has 0 aromatic heterocycles. The van der Waals surface area contributed by atoms with E-state index in [9.17, 15) is 9.59 Å². The molecule has 6 unspecified atom stereocenters. The number of ether oxygens (including phenoxy) is 2. The van der Waals surface area contributed by atoms with Crippen LogP contribution in [0.15, 0.2) is 0 Å². The van der Waals surface area contributed by atoms with Crippen LogP contribution in [-0.2, 0) is 28.8 Å². The van der Waals surface area contributed by atoms with Crippen LogP contribution in [-0.4, -0.2) is 68.1 Å². The number of carbonyl (C=O) groups excluding carboxylic acids is 2. The fraction of sp³-hybridized carbons (Fsp3) is 0.913. The fourth-order valence-corrected chi connectivity index (χ4v) is 6.10. The van der Waals surface area contributed by atoms with E-state index in [0.717, 1.165) is 58.4 Å². The zero-order chi connectivity index (χ0) is 21.9. The summed E-state index contributed by atoms with van der Waals surface area (Å²) in [5, 5.41) is 2.97. The second-order valence-electron chi connectivity index (χ2n) is 10.1. The molecule has 6 atom stereocenters. The normalized spacial score (nSPS) is 40.7. The molecular formula is C23H38N2O6. The van der Waals surface area contributed by atoms with Crippen LogP contribution in [0.4, 0.5) is 0 Å². The van der Waals surface area contributed by atoms with Gasteiger partial charge in [-0.1, -0.05) is 13.8 Å². The van der Waals surface area contributed by atoms with Crippen molar-refractivity contribution in [3.8, 4) is 0 Å². The third kappa shape index (κ3) is 5.14. The molecule has 176 valence electrons. The Bertz CT molecular complexity index is 638. The Kier molecular flexibility index (Phi) is 7.33. The van der Waals surface area contributed by atoms with Gasteiger partial charge in [0, 0.05) is 50.9 Å². The van der Waals surface area contributed by atoms with Gasteiger partial charge in [0.25, 0.3) is 0 Å². The van der Waals surface area contributed by atoms with E-state index >= 15 is 0 Å². The maximum atomic E-state index is 12.4. The summed E-state index contributed by atoms with van der Waals surface area (Å²) in [7, 11) is 0. The molecule has 0 aromatic carbocycles. The van der Waals surface area contributed by atoms with Crippen LogP contribution in [0.25, 0.3) is 0 Å². The first-order chi connectivity index (χ1) is 14.9. The minimum absolute atomic E-state index is 0.0604. The van der Waals surface area contributed by atoms with Crippen molar-refractivity contribution in [2.75, 3.05) is 39.4 Å². The monoisotopic (exact) mass is 438 g/mol. The summed E-state index contributed by atoms with van der Waals surface area (Å²) < 4.78 is 11.9. The van der Waals surface area contributed by atoms with Crippen molar-refractivity contribution in [3.63, 3.8) is 0 Å². The number of aldehydes is 1. The maximum absolute atomic E-state index is 12.4. The lowest BCUT2D eigenvalue weighted by Gasteiger charge is -2.50. The second kappa shape index (κ2) is 9.83. The fourth-order valence-electron chi connectivity index (χ4n) is 6.10. The molecule has 8 nitrogen and oxygen atoms in total. The van der Waals surface area contributed by atoms with Gasteiger partial charge in [0.05, 0.1) is 19.6 Å². The molecule has 1 amide bonds. The van der Waals surface area contributed by atoms with Crippen LogP contribution < -0.4 is 5.32 Å². The highest BCUT2D eigenvalue weighted by Crippen LogP contribution is 2.57. The number of hydrogen-bond acceptors (Lipinski definition) is 7. The van der Waals surface area contributed by atoms with Crippen molar-refractivity contribution in [2.24, 2.45) is 23.7 Å². The molecule has 1 N–H and O–H groups in total. The van der Waals surface area contributed by atoms with E-state index < -0.39 is 11.6 Å². The van der Waals surface area contributed by atoms with E-state index in [-0.39, 0.29) is 30.6 Å². The smallest absolute Gasteiger partial charge is 0.220 e. The lowest BCUT2D eigenvalue weighted by atomic mass is 9.62. The summed E-state index contributed by atoms with van der Waals surface area (Å²) in [5.41, 5.74) is 0. The number of hydrogen-bond donors (Lipinski definition) is 1. The molecule has 2 aliphatic heterocycles. The largest absolute Gasteiger partial charge is 0.379 e. The molecular weight excluding hydrogens is 400 g/mol. The van der Waals surface area contributed by atoms with E-state index in [2.05, 4.69) is 24.1 Å². The first kappa shape index (κ1) is 23.1. The van der Waals surface area contributed by atoms with E-state index in [1.165, 1.54) is 6.42 Å². The zero-order valence-corrected chi connectivity index (χ0v) is 19.0. The van der Waals surface area contributed by atoms with Gasteiger partial charge in [0.1, 0.15) is 6.29 Å². The van der Waals surface area contributed by atoms with E-state index in [4.69, 9.17) is 19.2 Å². The van der Waals surface area contributed by atoms with Gasteiger partial charge >= 0.3 is 0 Å². The Balaban J connectivity index is 1.31. The molecule has 2 aliphatic carbocycles. The summed E-state index contributed by atoms with van der Waals surface area (Å²) in [5.74, 6) is -0.236. The standard InChI is InChI=1S/C23H38N2O6/c1-17-13-19-15-18(2)23(20(14-17)16-19)29-22(5-10-26,30-31-23)4-3-21(27)24-6-7-25-8-11-28-12-9-25/h10,17-20H,3-9,11-16H2,1-2H3,(H,24,27). The molecule has 1 spiro atoms. The first-order valence-corrected chi connectivity index (χ1v) is 12.0. The summed E-state index contributed by atoms with van der Waals surface area (Å²) >= 11 is 0. The molecule has 2 heterocycles. The van der Waals surface area contributed by atoms with Gasteiger partial charge in [0.2, 0.25) is 17.5 Å². The van der Waals surface area contributed by atoms with Crippen LogP contribution in [0.2, 0.25) is 0 Å². The highest BCUT2D eigenvalue weighted by molar-refractivity contribution is 5.76. The quantitative estimate of drug-likeness (QED) is 0.460. The molecule has 8 heteroatoms. The minimum Gasteiger partial charge on any atom is -0.379 e. The predicted molar refractivity (Wildman–Crippen MR) is 113 cm³/mol. The van der Waals surface area contributed by atoms with Crippen LogP contribution in [0.3, 0.4) is 0 Å². The number of carbonyl (C=O) groups is 2. The lowest BCUT2D eigenvalue weighted by molar-refractivity contribution is -0.378. The molecule has 4 rings (SSSR count). The van der Waals surface area contributed by atoms with Crippen molar-refractivity contribution in [2.45, 2.75) is 70.4 Å². The summed E-state index contributed by atoms with van der Waals surface area (Å²) in [4.78, 5) is 37.9. The van der Waals surface area contributed by atoms with Crippen LogP contribution in [0.5, 0.6) is 0 Å². The minimum atomic E-state index is -1.18. The molecule has 2 saturated heterocycles. The highest BCUT2D eigenvalue weighted by atomic mass is 17.3. The van der Waals surface area contributed by atoms with Gasteiger partial charge in [0.15, 0.2) is 0 Å². The summed E-state index contributed by atoms with van der Waals surface area (Å²) in [6.45, 7) is 9.16. The number of fused-ring (bicyclic) bond motifs is 3. The van der Waals surface area contributed by atoms with Crippen molar-refractivity contribution in [3.05, 3.63) is 0 Å².